The Morgan fingerprint density at radius 3 is 2.36 bits per heavy atom. The molecule has 0 bridgehead atoms. The highest BCUT2D eigenvalue weighted by Crippen LogP contribution is 2.09. The highest BCUT2D eigenvalue weighted by molar-refractivity contribution is 5.80. The van der Waals surface area contributed by atoms with Crippen molar-refractivity contribution in [1.82, 2.24) is 20.4 Å². The van der Waals surface area contributed by atoms with Crippen molar-refractivity contribution in [3.05, 3.63) is 0 Å². The fourth-order valence-corrected chi connectivity index (χ4v) is 2.86. The number of piperazine rings is 1. The molecule has 0 saturated carbocycles. The Balaban J connectivity index is 2.43. The predicted octanol–water partition coefficient (Wildman–Crippen LogP) is 0.768. The third-order valence-electron chi connectivity index (χ3n) is 4.66. The average Bonchev–Trinajstić information content (AvgIpc) is 2.62. The molecule has 0 aromatic carbocycles. The summed E-state index contributed by atoms with van der Waals surface area (Å²) in [5.74, 6) is 1.74. The SMILES string of the molecule is CCNC(=NCC(CC)CC)N1CCN(CC(=O)NCCOC)CC1. The minimum Gasteiger partial charge on any atom is -0.383 e. The molecule has 1 rings (SSSR count). The van der Waals surface area contributed by atoms with Crippen molar-refractivity contribution in [2.45, 2.75) is 33.6 Å². The van der Waals surface area contributed by atoms with Gasteiger partial charge in [-0.3, -0.25) is 14.7 Å². The Morgan fingerprint density at radius 2 is 1.80 bits per heavy atom. The van der Waals surface area contributed by atoms with Crippen LogP contribution in [0.1, 0.15) is 33.6 Å². The van der Waals surface area contributed by atoms with Crippen LogP contribution < -0.4 is 10.6 Å². The van der Waals surface area contributed by atoms with Crippen LogP contribution in [0.2, 0.25) is 0 Å². The van der Waals surface area contributed by atoms with Crippen LogP contribution in [0.25, 0.3) is 0 Å². The van der Waals surface area contributed by atoms with Gasteiger partial charge in [-0.15, -0.1) is 0 Å². The standard InChI is InChI=1S/C18H37N5O2/c1-5-16(6-2)14-21-18(19-7-3)23-11-9-22(10-12-23)15-17(24)20-8-13-25-4/h16H,5-15H2,1-4H3,(H,19,21)(H,20,24). The number of nitrogens with zero attached hydrogens (tertiary/aromatic N) is 3. The van der Waals surface area contributed by atoms with E-state index in [9.17, 15) is 4.79 Å². The van der Waals surface area contributed by atoms with Gasteiger partial charge in [0.2, 0.25) is 5.91 Å². The number of guanidine groups is 1. The second-order valence-corrected chi connectivity index (χ2v) is 6.48. The van der Waals surface area contributed by atoms with E-state index in [1.165, 1.54) is 12.8 Å². The number of aliphatic imine (C=N–C) groups is 1. The molecule has 0 aromatic heterocycles. The third kappa shape index (κ3) is 8.54. The monoisotopic (exact) mass is 355 g/mol. The summed E-state index contributed by atoms with van der Waals surface area (Å²) in [6.07, 6.45) is 2.34. The maximum atomic E-state index is 11.9. The van der Waals surface area contributed by atoms with Crippen LogP contribution in [0, 0.1) is 5.92 Å². The second-order valence-electron chi connectivity index (χ2n) is 6.48. The van der Waals surface area contributed by atoms with E-state index in [1.54, 1.807) is 7.11 Å². The molecule has 1 saturated heterocycles. The van der Waals surface area contributed by atoms with Crippen LogP contribution in [0.3, 0.4) is 0 Å². The Labute approximate surface area is 153 Å². The third-order valence-corrected chi connectivity index (χ3v) is 4.66. The average molecular weight is 356 g/mol. The molecule has 1 aliphatic heterocycles. The number of carbonyl (C=O) groups excluding carboxylic acids is 1. The summed E-state index contributed by atoms with van der Waals surface area (Å²) in [7, 11) is 1.64. The minimum atomic E-state index is 0.0693. The number of hydrogen-bond donors (Lipinski definition) is 2. The molecule has 0 aromatic rings. The predicted molar refractivity (Wildman–Crippen MR) is 103 cm³/mol. The molecule has 25 heavy (non-hydrogen) atoms. The van der Waals surface area contributed by atoms with Crippen molar-refractivity contribution in [1.29, 1.82) is 0 Å². The normalized spacial score (nSPS) is 16.4. The van der Waals surface area contributed by atoms with Crippen LogP contribution in [-0.2, 0) is 9.53 Å². The zero-order valence-corrected chi connectivity index (χ0v) is 16.5. The van der Waals surface area contributed by atoms with Crippen molar-refractivity contribution >= 4 is 11.9 Å². The lowest BCUT2D eigenvalue weighted by Crippen LogP contribution is -2.54. The van der Waals surface area contributed by atoms with E-state index >= 15 is 0 Å². The number of methoxy groups -OCH3 is 1. The van der Waals surface area contributed by atoms with Crippen molar-refractivity contribution in [2.24, 2.45) is 10.9 Å². The summed E-state index contributed by atoms with van der Waals surface area (Å²) in [4.78, 5) is 21.2. The second kappa shape index (κ2) is 12.9. The first-order valence-electron chi connectivity index (χ1n) is 9.65. The lowest BCUT2D eigenvalue weighted by Gasteiger charge is -2.36. The molecular weight excluding hydrogens is 318 g/mol. The zero-order valence-electron chi connectivity index (χ0n) is 16.5. The van der Waals surface area contributed by atoms with E-state index in [0.29, 0.717) is 25.6 Å². The molecule has 146 valence electrons. The first kappa shape index (κ1) is 21.7. The van der Waals surface area contributed by atoms with E-state index in [-0.39, 0.29) is 5.91 Å². The fraction of sp³-hybridized carbons (Fsp3) is 0.889. The maximum Gasteiger partial charge on any atom is 0.234 e. The lowest BCUT2D eigenvalue weighted by molar-refractivity contribution is -0.122. The zero-order chi connectivity index (χ0) is 18.5. The van der Waals surface area contributed by atoms with Gasteiger partial charge in [-0.2, -0.15) is 0 Å². The Bertz CT molecular complexity index is 391. The lowest BCUT2D eigenvalue weighted by atomic mass is 10.0. The van der Waals surface area contributed by atoms with Crippen molar-refractivity contribution in [3.8, 4) is 0 Å². The van der Waals surface area contributed by atoms with Gasteiger partial charge in [0.05, 0.1) is 13.2 Å². The van der Waals surface area contributed by atoms with E-state index in [1.807, 2.05) is 0 Å². The molecular formula is C18H37N5O2. The van der Waals surface area contributed by atoms with Crippen LogP contribution in [0.4, 0.5) is 0 Å². The Kier molecular flexibility index (Phi) is 11.2. The number of carbonyl (C=O) groups is 1. The van der Waals surface area contributed by atoms with E-state index < -0.39 is 0 Å². The van der Waals surface area contributed by atoms with Crippen molar-refractivity contribution in [3.63, 3.8) is 0 Å². The topological polar surface area (TPSA) is 69.2 Å². The van der Waals surface area contributed by atoms with E-state index in [0.717, 1.165) is 45.2 Å². The molecule has 2 N–H and O–H groups in total. The largest absolute Gasteiger partial charge is 0.383 e. The molecule has 7 nitrogen and oxygen atoms in total. The van der Waals surface area contributed by atoms with Crippen LogP contribution in [0.15, 0.2) is 4.99 Å². The highest BCUT2D eigenvalue weighted by atomic mass is 16.5. The Morgan fingerprint density at radius 1 is 1.12 bits per heavy atom. The summed E-state index contributed by atoms with van der Waals surface area (Å²) < 4.78 is 4.95. The molecule has 0 aliphatic carbocycles. The van der Waals surface area contributed by atoms with Gasteiger partial charge < -0.3 is 20.3 Å². The molecule has 1 aliphatic rings. The van der Waals surface area contributed by atoms with Gasteiger partial charge in [0.25, 0.3) is 0 Å². The number of hydrogen-bond acceptors (Lipinski definition) is 4. The van der Waals surface area contributed by atoms with Gasteiger partial charge in [0.15, 0.2) is 5.96 Å². The smallest absolute Gasteiger partial charge is 0.234 e. The van der Waals surface area contributed by atoms with Crippen LogP contribution >= 0.6 is 0 Å². The van der Waals surface area contributed by atoms with Crippen molar-refractivity contribution < 1.29 is 9.53 Å². The summed E-state index contributed by atoms with van der Waals surface area (Å²) in [6, 6.07) is 0. The molecule has 0 unspecified atom stereocenters. The summed E-state index contributed by atoms with van der Waals surface area (Å²) in [5.41, 5.74) is 0. The van der Waals surface area contributed by atoms with Gasteiger partial charge in [-0.25, -0.2) is 0 Å². The quantitative estimate of drug-likeness (QED) is 0.344. The Hall–Kier alpha value is -1.34. The van der Waals surface area contributed by atoms with Crippen LogP contribution in [-0.4, -0.2) is 87.7 Å². The molecule has 0 radical (unpaired) electrons. The van der Waals surface area contributed by atoms with Crippen LogP contribution in [0.5, 0.6) is 0 Å². The fourth-order valence-electron chi connectivity index (χ4n) is 2.86. The van der Waals surface area contributed by atoms with Gasteiger partial charge in [-0.05, 0) is 12.8 Å². The van der Waals surface area contributed by atoms with Gasteiger partial charge in [0.1, 0.15) is 0 Å². The molecule has 0 atom stereocenters. The molecule has 7 heteroatoms. The molecule has 1 fully saturated rings. The van der Waals surface area contributed by atoms with Gasteiger partial charge in [0, 0.05) is 52.9 Å². The number of amides is 1. The molecule has 1 heterocycles. The summed E-state index contributed by atoms with van der Waals surface area (Å²) in [6.45, 7) is 13.5. The van der Waals surface area contributed by atoms with Gasteiger partial charge >= 0.3 is 0 Å². The van der Waals surface area contributed by atoms with E-state index in [2.05, 4.69) is 41.2 Å². The number of ether oxygens (including phenoxy) is 1. The first-order chi connectivity index (χ1) is 12.1. The highest BCUT2D eigenvalue weighted by Gasteiger charge is 2.21. The summed E-state index contributed by atoms with van der Waals surface area (Å²) in [5, 5.41) is 6.29. The minimum absolute atomic E-state index is 0.0693. The molecule has 0 spiro atoms. The summed E-state index contributed by atoms with van der Waals surface area (Å²) >= 11 is 0. The number of nitrogens with one attached hydrogen (secondary N) is 2. The first-order valence-corrected chi connectivity index (χ1v) is 9.65. The van der Waals surface area contributed by atoms with Crippen molar-refractivity contribution in [2.75, 3.05) is 66.1 Å². The number of rotatable bonds is 10. The van der Waals surface area contributed by atoms with E-state index in [4.69, 9.17) is 9.73 Å². The molecule has 1 amide bonds. The maximum absolute atomic E-state index is 11.9. The van der Waals surface area contributed by atoms with Gasteiger partial charge in [-0.1, -0.05) is 26.7 Å².